The number of Topliss-reactive ketones (excluding diaryl/α,β-unsaturated/α-hetero) is 1. The second kappa shape index (κ2) is 8.87. The largest absolute Gasteiger partial charge is 0.507 e. The van der Waals surface area contributed by atoms with E-state index in [1.807, 2.05) is 24.3 Å². The third-order valence-electron chi connectivity index (χ3n) is 8.21. The molecule has 0 aromatic heterocycles. The molecule has 0 saturated carbocycles. The van der Waals surface area contributed by atoms with Crippen molar-refractivity contribution in [1.29, 1.82) is 0 Å². The number of halogens is 1. The fourth-order valence-corrected chi connectivity index (χ4v) is 7.01. The third kappa shape index (κ3) is 3.52. The van der Waals surface area contributed by atoms with E-state index in [1.165, 1.54) is 6.08 Å². The van der Waals surface area contributed by atoms with E-state index in [9.17, 15) is 29.1 Å². The zero-order chi connectivity index (χ0) is 26.9. The van der Waals surface area contributed by atoms with Gasteiger partial charge in [-0.2, -0.15) is 0 Å². The van der Waals surface area contributed by atoms with Crippen molar-refractivity contribution in [1.82, 2.24) is 4.90 Å². The van der Waals surface area contributed by atoms with E-state index in [0.717, 1.165) is 15.9 Å². The summed E-state index contributed by atoms with van der Waals surface area (Å²) in [7, 11) is 0. The molecule has 2 amide bonds. The Morgan fingerprint density at radius 1 is 1.03 bits per heavy atom. The minimum absolute atomic E-state index is 0.00518. The van der Waals surface area contributed by atoms with Crippen LogP contribution in [-0.2, 0) is 24.0 Å². The molecule has 9 heteroatoms. The maximum atomic E-state index is 13.5. The highest BCUT2D eigenvalue weighted by Gasteiger charge is 2.56. The van der Waals surface area contributed by atoms with Crippen molar-refractivity contribution in [2.75, 3.05) is 6.54 Å². The van der Waals surface area contributed by atoms with Gasteiger partial charge in [0.1, 0.15) is 5.75 Å². The topological polar surface area (TPSA) is 129 Å². The number of allylic oxidation sites excluding steroid dienone is 6. The van der Waals surface area contributed by atoms with Crippen LogP contribution in [0.3, 0.4) is 0 Å². The van der Waals surface area contributed by atoms with Crippen LogP contribution in [0.2, 0.25) is 0 Å². The number of carboxylic acids is 1. The quantitative estimate of drug-likeness (QED) is 0.322. The van der Waals surface area contributed by atoms with Crippen LogP contribution in [0.4, 0.5) is 0 Å². The normalized spacial score (nSPS) is 26.7. The molecular weight excluding hydrogens is 554 g/mol. The number of carbonyl (C=O) groups excluding carboxylic acids is 4. The fourth-order valence-electron chi connectivity index (χ4n) is 6.56. The summed E-state index contributed by atoms with van der Waals surface area (Å²) in [5, 5.41) is 21.9. The molecule has 0 bridgehead atoms. The van der Waals surface area contributed by atoms with Gasteiger partial charge in [0.25, 0.3) is 0 Å². The summed E-state index contributed by atoms with van der Waals surface area (Å²) in [6.45, 7) is -0.212. The Hall–Kier alpha value is -3.85. The summed E-state index contributed by atoms with van der Waals surface area (Å²) in [4.78, 5) is 65.5. The molecule has 6 rings (SSSR count). The van der Waals surface area contributed by atoms with Crippen LogP contribution in [0.15, 0.2) is 69.8 Å². The lowest BCUT2D eigenvalue weighted by Crippen LogP contribution is -2.39. The van der Waals surface area contributed by atoms with Gasteiger partial charge >= 0.3 is 5.97 Å². The minimum atomic E-state index is -1.11. The van der Waals surface area contributed by atoms with Crippen molar-refractivity contribution in [3.8, 4) is 5.75 Å². The molecule has 0 spiro atoms. The van der Waals surface area contributed by atoms with E-state index < -0.39 is 41.5 Å². The number of imide groups is 1. The Morgan fingerprint density at radius 3 is 2.55 bits per heavy atom. The van der Waals surface area contributed by atoms with Crippen molar-refractivity contribution >= 4 is 56.1 Å². The summed E-state index contributed by atoms with van der Waals surface area (Å²) in [6.07, 6.45) is 3.12. The number of carboxylic acid groups (broad SMARTS) is 1. The lowest BCUT2D eigenvalue weighted by molar-refractivity contribution is -0.142. The molecule has 2 aromatic carbocycles. The number of rotatable bonds is 4. The van der Waals surface area contributed by atoms with Gasteiger partial charge in [-0.05, 0) is 40.1 Å². The number of aliphatic carboxylic acids is 1. The molecule has 192 valence electrons. The first kappa shape index (κ1) is 24.5. The summed E-state index contributed by atoms with van der Waals surface area (Å²) in [6, 6.07) is 10.9. The van der Waals surface area contributed by atoms with Crippen molar-refractivity contribution < 1.29 is 34.2 Å². The second-order valence-corrected chi connectivity index (χ2v) is 10.9. The van der Waals surface area contributed by atoms with Gasteiger partial charge in [0.2, 0.25) is 11.8 Å². The van der Waals surface area contributed by atoms with Crippen molar-refractivity contribution in [3.05, 3.63) is 75.3 Å². The average molecular weight is 576 g/mol. The van der Waals surface area contributed by atoms with Gasteiger partial charge in [0.05, 0.1) is 22.7 Å². The summed E-state index contributed by atoms with van der Waals surface area (Å²) in [5.41, 5.74) is 1.74. The standard InChI is InChI=1S/C29H22BrNO7/c30-20-12-21(32)25-19(27(20)36)11-18-15(23(25)16-6-5-13-3-1-2-4-14(13)26(16)35)7-8-17-24(18)29(38)31(28(17)37)10-9-22(33)34/h1-7,12,17-18,23-24,35H,8-11H2,(H,33,34). The zero-order valence-electron chi connectivity index (χ0n) is 20.0. The van der Waals surface area contributed by atoms with Crippen molar-refractivity contribution in [2.24, 2.45) is 17.8 Å². The molecule has 4 aliphatic rings. The first-order valence-corrected chi connectivity index (χ1v) is 13.1. The number of nitrogens with zero attached hydrogens (tertiary/aromatic N) is 1. The Labute approximate surface area is 225 Å². The smallest absolute Gasteiger partial charge is 0.305 e. The van der Waals surface area contributed by atoms with Crippen LogP contribution in [0, 0.1) is 17.8 Å². The molecule has 38 heavy (non-hydrogen) atoms. The monoisotopic (exact) mass is 575 g/mol. The number of phenolic OH excluding ortho intramolecular Hbond substituents is 1. The number of phenols is 1. The zero-order valence-corrected chi connectivity index (χ0v) is 21.6. The first-order chi connectivity index (χ1) is 18.2. The van der Waals surface area contributed by atoms with Gasteiger partial charge < -0.3 is 10.2 Å². The van der Waals surface area contributed by atoms with Crippen LogP contribution in [0.25, 0.3) is 10.8 Å². The van der Waals surface area contributed by atoms with Crippen molar-refractivity contribution in [3.63, 3.8) is 0 Å². The molecular formula is C29H22BrNO7. The van der Waals surface area contributed by atoms with E-state index in [-0.39, 0.29) is 58.8 Å². The Balaban J connectivity index is 1.51. The van der Waals surface area contributed by atoms with Gasteiger partial charge in [-0.1, -0.05) is 48.0 Å². The predicted molar refractivity (Wildman–Crippen MR) is 139 cm³/mol. The molecule has 4 unspecified atom stereocenters. The van der Waals surface area contributed by atoms with Crippen LogP contribution >= 0.6 is 15.9 Å². The number of hydrogen-bond acceptors (Lipinski definition) is 6. The number of ketones is 2. The SMILES string of the molecule is O=C(O)CCN1C(=O)C2CC=C3C(c4ccc5ccccc5c4O)C4=C(CC3C2C1=O)C(=O)C(Br)=CC4=O. The van der Waals surface area contributed by atoms with Crippen molar-refractivity contribution in [2.45, 2.75) is 25.2 Å². The van der Waals surface area contributed by atoms with Gasteiger partial charge in [-0.25, -0.2) is 0 Å². The van der Waals surface area contributed by atoms with Crippen LogP contribution in [0.5, 0.6) is 5.75 Å². The number of aromatic hydroxyl groups is 1. The molecule has 3 aliphatic carbocycles. The third-order valence-corrected chi connectivity index (χ3v) is 8.80. The van der Waals surface area contributed by atoms with Crippen LogP contribution < -0.4 is 0 Å². The van der Waals surface area contributed by atoms with Gasteiger partial charge in [0, 0.05) is 40.6 Å². The Bertz CT molecular complexity index is 1580. The molecule has 0 radical (unpaired) electrons. The molecule has 1 fully saturated rings. The first-order valence-electron chi connectivity index (χ1n) is 12.4. The lowest BCUT2D eigenvalue weighted by atomic mass is 9.59. The highest BCUT2D eigenvalue weighted by Crippen LogP contribution is 2.56. The van der Waals surface area contributed by atoms with E-state index >= 15 is 0 Å². The van der Waals surface area contributed by atoms with Gasteiger partial charge in [-0.15, -0.1) is 0 Å². The summed E-state index contributed by atoms with van der Waals surface area (Å²) >= 11 is 3.20. The molecule has 2 aromatic rings. The van der Waals surface area contributed by atoms with E-state index in [2.05, 4.69) is 15.9 Å². The van der Waals surface area contributed by atoms with Crippen LogP contribution in [-0.4, -0.2) is 51.0 Å². The molecule has 8 nitrogen and oxygen atoms in total. The Kier molecular flexibility index (Phi) is 5.72. The van der Waals surface area contributed by atoms with Gasteiger partial charge in [0.15, 0.2) is 11.6 Å². The fraction of sp³-hybridized carbons (Fsp3) is 0.276. The molecule has 4 atom stereocenters. The highest BCUT2D eigenvalue weighted by molar-refractivity contribution is 9.12. The van der Waals surface area contributed by atoms with Crippen LogP contribution in [0.1, 0.15) is 30.7 Å². The number of benzene rings is 2. The Morgan fingerprint density at radius 2 is 1.79 bits per heavy atom. The number of hydrogen-bond donors (Lipinski definition) is 2. The van der Waals surface area contributed by atoms with E-state index in [4.69, 9.17) is 5.11 Å². The molecule has 1 aliphatic heterocycles. The summed E-state index contributed by atoms with van der Waals surface area (Å²) in [5.74, 6) is -5.43. The van der Waals surface area contributed by atoms with Gasteiger partial charge in [-0.3, -0.25) is 28.9 Å². The maximum absolute atomic E-state index is 13.5. The molecule has 1 heterocycles. The predicted octanol–water partition coefficient (Wildman–Crippen LogP) is 3.78. The second-order valence-electron chi connectivity index (χ2n) is 10.1. The molecule has 1 saturated heterocycles. The average Bonchev–Trinajstić information content (AvgIpc) is 3.14. The highest BCUT2D eigenvalue weighted by atomic mass is 79.9. The number of carbonyl (C=O) groups is 5. The maximum Gasteiger partial charge on any atom is 0.305 e. The number of likely N-dealkylation sites (tertiary alicyclic amines) is 1. The number of fused-ring (bicyclic) bond motifs is 4. The molecule has 2 N–H and O–H groups in total. The van der Waals surface area contributed by atoms with E-state index in [0.29, 0.717) is 10.9 Å². The number of amides is 2. The minimum Gasteiger partial charge on any atom is -0.507 e. The lowest BCUT2D eigenvalue weighted by Gasteiger charge is -2.42. The summed E-state index contributed by atoms with van der Waals surface area (Å²) < 4.78 is 0.124. The van der Waals surface area contributed by atoms with E-state index in [1.54, 1.807) is 18.2 Å².